The van der Waals surface area contributed by atoms with Crippen LogP contribution >= 0.6 is 0 Å². The van der Waals surface area contributed by atoms with E-state index in [4.69, 9.17) is 0 Å². The molecule has 0 radical (unpaired) electrons. The molecule has 0 aliphatic heterocycles. The van der Waals surface area contributed by atoms with E-state index in [2.05, 4.69) is 5.32 Å². The molecule has 10 heteroatoms. The molecule has 5 nitrogen and oxygen atoms in total. The highest BCUT2D eigenvalue weighted by Crippen LogP contribution is 2.43. The SMILES string of the molecule is O=C(CNS(=O)(=O)c1cccc(C(F)(F)F)c1)NCC1(c2ccc(F)cc2)CCC1. The van der Waals surface area contributed by atoms with Gasteiger partial charge in [-0.05, 0) is 48.7 Å². The van der Waals surface area contributed by atoms with Crippen molar-refractivity contribution in [1.82, 2.24) is 10.0 Å². The van der Waals surface area contributed by atoms with Gasteiger partial charge in [0.15, 0.2) is 0 Å². The van der Waals surface area contributed by atoms with Crippen LogP contribution in [0.5, 0.6) is 0 Å². The van der Waals surface area contributed by atoms with E-state index in [9.17, 15) is 30.8 Å². The van der Waals surface area contributed by atoms with E-state index in [1.807, 2.05) is 4.72 Å². The van der Waals surface area contributed by atoms with Crippen molar-refractivity contribution in [3.8, 4) is 0 Å². The number of amides is 1. The molecule has 3 rings (SSSR count). The van der Waals surface area contributed by atoms with Crippen LogP contribution in [0.4, 0.5) is 17.6 Å². The summed E-state index contributed by atoms with van der Waals surface area (Å²) in [7, 11) is -4.29. The Hall–Kier alpha value is -2.46. The molecule has 0 aromatic heterocycles. The van der Waals surface area contributed by atoms with Gasteiger partial charge in [-0.3, -0.25) is 4.79 Å². The molecule has 2 aromatic rings. The third kappa shape index (κ3) is 4.99. The molecule has 0 saturated heterocycles. The van der Waals surface area contributed by atoms with Crippen molar-refractivity contribution in [1.29, 1.82) is 0 Å². The molecule has 1 saturated carbocycles. The number of hydrogen-bond acceptors (Lipinski definition) is 3. The minimum absolute atomic E-state index is 0.253. The third-order valence-electron chi connectivity index (χ3n) is 5.29. The average Bonchev–Trinajstić information content (AvgIpc) is 2.66. The summed E-state index contributed by atoms with van der Waals surface area (Å²) in [6.07, 6.45) is -2.13. The highest BCUT2D eigenvalue weighted by Gasteiger charge is 2.39. The van der Waals surface area contributed by atoms with Crippen LogP contribution in [0.15, 0.2) is 53.4 Å². The first-order chi connectivity index (χ1) is 14.0. The topological polar surface area (TPSA) is 75.3 Å². The number of benzene rings is 2. The summed E-state index contributed by atoms with van der Waals surface area (Å²) >= 11 is 0. The number of carbonyl (C=O) groups excluding carboxylic acids is 1. The molecule has 0 unspecified atom stereocenters. The molecule has 0 spiro atoms. The largest absolute Gasteiger partial charge is 0.416 e. The number of rotatable bonds is 7. The summed E-state index contributed by atoms with van der Waals surface area (Å²) in [5, 5.41) is 2.66. The second kappa shape index (κ2) is 8.35. The monoisotopic (exact) mass is 444 g/mol. The summed E-state index contributed by atoms with van der Waals surface area (Å²) < 4.78 is 78.0. The van der Waals surface area contributed by atoms with Crippen LogP contribution in [0.3, 0.4) is 0 Å². The summed E-state index contributed by atoms with van der Waals surface area (Å²) in [5.74, 6) is -0.972. The van der Waals surface area contributed by atoms with E-state index in [-0.39, 0.29) is 17.8 Å². The zero-order valence-electron chi connectivity index (χ0n) is 15.8. The van der Waals surface area contributed by atoms with E-state index in [0.29, 0.717) is 6.07 Å². The molecular weight excluding hydrogens is 424 g/mol. The normalized spacial score (nSPS) is 16.0. The van der Waals surface area contributed by atoms with Crippen LogP contribution in [0, 0.1) is 5.82 Å². The fraction of sp³-hybridized carbons (Fsp3) is 0.350. The Kier molecular flexibility index (Phi) is 6.19. The number of carbonyl (C=O) groups is 1. The third-order valence-corrected chi connectivity index (χ3v) is 6.68. The highest BCUT2D eigenvalue weighted by atomic mass is 32.2. The van der Waals surface area contributed by atoms with Gasteiger partial charge in [-0.1, -0.05) is 24.6 Å². The second-order valence-electron chi connectivity index (χ2n) is 7.27. The maximum absolute atomic E-state index is 13.2. The van der Waals surface area contributed by atoms with Gasteiger partial charge in [-0.25, -0.2) is 17.5 Å². The van der Waals surface area contributed by atoms with Crippen molar-refractivity contribution in [2.45, 2.75) is 35.7 Å². The Morgan fingerprint density at radius 3 is 2.30 bits per heavy atom. The summed E-state index contributed by atoms with van der Waals surface area (Å²) in [5.41, 5.74) is -0.537. The lowest BCUT2D eigenvalue weighted by Gasteiger charge is -2.42. The minimum atomic E-state index is -4.68. The predicted molar refractivity (Wildman–Crippen MR) is 102 cm³/mol. The quantitative estimate of drug-likeness (QED) is 0.643. The van der Waals surface area contributed by atoms with E-state index in [1.54, 1.807) is 12.1 Å². The van der Waals surface area contributed by atoms with Gasteiger partial charge in [0.2, 0.25) is 15.9 Å². The Labute approximate surface area is 171 Å². The Bertz CT molecular complexity index is 1020. The van der Waals surface area contributed by atoms with Gasteiger partial charge in [0.05, 0.1) is 17.0 Å². The van der Waals surface area contributed by atoms with Crippen molar-refractivity contribution >= 4 is 15.9 Å². The molecule has 162 valence electrons. The van der Waals surface area contributed by atoms with Gasteiger partial charge in [-0.15, -0.1) is 0 Å². The first-order valence-corrected chi connectivity index (χ1v) is 10.7. The number of nitrogens with one attached hydrogen (secondary N) is 2. The van der Waals surface area contributed by atoms with Crippen molar-refractivity contribution in [3.05, 3.63) is 65.5 Å². The van der Waals surface area contributed by atoms with Crippen LogP contribution < -0.4 is 10.0 Å². The fourth-order valence-corrected chi connectivity index (χ4v) is 4.42. The second-order valence-corrected chi connectivity index (χ2v) is 9.03. The average molecular weight is 444 g/mol. The maximum Gasteiger partial charge on any atom is 0.416 e. The molecule has 1 aliphatic rings. The van der Waals surface area contributed by atoms with Crippen molar-refractivity contribution < 1.29 is 30.8 Å². The van der Waals surface area contributed by atoms with Crippen molar-refractivity contribution in [3.63, 3.8) is 0 Å². The van der Waals surface area contributed by atoms with E-state index in [0.717, 1.165) is 43.0 Å². The van der Waals surface area contributed by atoms with E-state index in [1.165, 1.54) is 12.1 Å². The van der Waals surface area contributed by atoms with E-state index < -0.39 is 39.1 Å². The first-order valence-electron chi connectivity index (χ1n) is 9.22. The molecule has 1 amide bonds. The maximum atomic E-state index is 13.2. The van der Waals surface area contributed by atoms with Gasteiger partial charge in [0.1, 0.15) is 5.82 Å². The number of sulfonamides is 1. The Balaban J connectivity index is 1.59. The molecule has 0 bridgehead atoms. The van der Waals surface area contributed by atoms with Crippen molar-refractivity contribution in [2.75, 3.05) is 13.1 Å². The zero-order valence-corrected chi connectivity index (χ0v) is 16.6. The molecule has 0 heterocycles. The lowest BCUT2D eigenvalue weighted by atomic mass is 9.64. The smallest absolute Gasteiger partial charge is 0.354 e. The zero-order chi connectivity index (χ0) is 22.0. The number of hydrogen-bond donors (Lipinski definition) is 2. The van der Waals surface area contributed by atoms with Crippen LogP contribution in [-0.4, -0.2) is 27.4 Å². The molecule has 30 heavy (non-hydrogen) atoms. The molecule has 2 N–H and O–H groups in total. The Morgan fingerprint density at radius 2 is 1.73 bits per heavy atom. The fourth-order valence-electron chi connectivity index (χ4n) is 3.39. The van der Waals surface area contributed by atoms with Gasteiger partial charge < -0.3 is 5.32 Å². The minimum Gasteiger partial charge on any atom is -0.354 e. The molecule has 0 atom stereocenters. The lowest BCUT2D eigenvalue weighted by molar-refractivity contribution is -0.137. The van der Waals surface area contributed by atoms with Gasteiger partial charge >= 0.3 is 6.18 Å². The summed E-state index contributed by atoms with van der Waals surface area (Å²) in [4.78, 5) is 11.6. The molecular formula is C20H20F4N2O3S. The van der Waals surface area contributed by atoms with Crippen LogP contribution in [-0.2, 0) is 26.4 Å². The van der Waals surface area contributed by atoms with Crippen molar-refractivity contribution in [2.24, 2.45) is 0 Å². The highest BCUT2D eigenvalue weighted by molar-refractivity contribution is 7.89. The molecule has 1 aliphatic carbocycles. The van der Waals surface area contributed by atoms with Gasteiger partial charge in [0.25, 0.3) is 0 Å². The van der Waals surface area contributed by atoms with Crippen LogP contribution in [0.1, 0.15) is 30.4 Å². The molecule has 2 aromatic carbocycles. The standard InChI is InChI=1S/C20H20F4N2O3S/c21-16-7-5-14(6-8-16)19(9-2-10-19)13-25-18(27)12-26-30(28,29)17-4-1-3-15(11-17)20(22,23)24/h1,3-8,11,26H,2,9-10,12-13H2,(H,25,27). The van der Waals surface area contributed by atoms with Gasteiger partial charge in [0, 0.05) is 12.0 Å². The van der Waals surface area contributed by atoms with Gasteiger partial charge in [-0.2, -0.15) is 13.2 Å². The van der Waals surface area contributed by atoms with E-state index >= 15 is 0 Å². The summed E-state index contributed by atoms with van der Waals surface area (Å²) in [6, 6.07) is 9.31. The van der Waals surface area contributed by atoms with Crippen LogP contribution in [0.25, 0.3) is 0 Å². The number of alkyl halides is 3. The summed E-state index contributed by atoms with van der Waals surface area (Å²) in [6.45, 7) is -0.360. The Morgan fingerprint density at radius 1 is 1.07 bits per heavy atom. The van der Waals surface area contributed by atoms with Crippen LogP contribution in [0.2, 0.25) is 0 Å². The molecule has 1 fully saturated rings. The first kappa shape index (κ1) is 22.2. The number of halogens is 4. The predicted octanol–water partition coefficient (Wildman–Crippen LogP) is 3.36. The lowest BCUT2D eigenvalue weighted by Crippen LogP contribution is -2.47.